The van der Waals surface area contributed by atoms with E-state index in [0.29, 0.717) is 17.6 Å². The molecule has 1 unspecified atom stereocenters. The molecule has 2 rings (SSSR count). The number of halogens is 2. The van der Waals surface area contributed by atoms with E-state index in [4.69, 9.17) is 11.6 Å². The summed E-state index contributed by atoms with van der Waals surface area (Å²) in [6.45, 7) is 1.59. The molecule has 3 nitrogen and oxygen atoms in total. The summed E-state index contributed by atoms with van der Waals surface area (Å²) >= 11 is 5.76. The summed E-state index contributed by atoms with van der Waals surface area (Å²) < 4.78 is 13.5. The lowest BCUT2D eigenvalue weighted by atomic mass is 10.0. The molecule has 0 bridgehead atoms. The molecule has 0 spiro atoms. The van der Waals surface area contributed by atoms with Gasteiger partial charge in [0.1, 0.15) is 5.82 Å². The van der Waals surface area contributed by atoms with Crippen LogP contribution < -0.4 is 10.6 Å². The molecule has 0 aromatic heterocycles. The quantitative estimate of drug-likeness (QED) is 0.893. The first kappa shape index (κ1) is 14.3. The Morgan fingerprint density at radius 2 is 2.32 bits per heavy atom. The van der Waals surface area contributed by atoms with E-state index in [1.165, 1.54) is 31.0 Å². The van der Waals surface area contributed by atoms with Gasteiger partial charge in [-0.1, -0.05) is 18.0 Å². The van der Waals surface area contributed by atoms with Crippen LogP contribution in [0, 0.1) is 5.82 Å². The number of hydrogen-bond acceptors (Lipinski definition) is 2. The topological polar surface area (TPSA) is 41.1 Å². The maximum Gasteiger partial charge on any atom is 0.254 e. The molecule has 1 aromatic carbocycles. The predicted molar refractivity (Wildman–Crippen MR) is 74.0 cm³/mol. The first-order chi connectivity index (χ1) is 9.16. The molecule has 19 heavy (non-hydrogen) atoms. The van der Waals surface area contributed by atoms with E-state index in [1.54, 1.807) is 0 Å². The number of rotatable bonds is 4. The van der Waals surface area contributed by atoms with Gasteiger partial charge in [0.2, 0.25) is 0 Å². The summed E-state index contributed by atoms with van der Waals surface area (Å²) in [6.07, 6.45) is 4.46. The van der Waals surface area contributed by atoms with Crippen LogP contribution in [0.25, 0.3) is 0 Å². The zero-order valence-electron chi connectivity index (χ0n) is 10.7. The standard InChI is InChI=1S/C14H18ClFN2O/c15-10-4-5-13(16)12(9-10)14(19)18-8-6-11-3-1-2-7-17-11/h4-5,9,11,17H,1-3,6-8H2,(H,18,19). The number of hydrogen-bond donors (Lipinski definition) is 2. The van der Waals surface area contributed by atoms with Gasteiger partial charge in [0.25, 0.3) is 5.91 Å². The van der Waals surface area contributed by atoms with Crippen molar-refractivity contribution in [3.63, 3.8) is 0 Å². The minimum absolute atomic E-state index is 0.00380. The molecule has 0 saturated carbocycles. The maximum absolute atomic E-state index is 13.5. The van der Waals surface area contributed by atoms with Crippen LogP contribution in [0.2, 0.25) is 5.02 Å². The molecule has 104 valence electrons. The van der Waals surface area contributed by atoms with Gasteiger partial charge in [0, 0.05) is 17.6 Å². The number of nitrogens with one attached hydrogen (secondary N) is 2. The van der Waals surface area contributed by atoms with Gasteiger partial charge in [0.05, 0.1) is 5.56 Å². The van der Waals surface area contributed by atoms with Crippen LogP contribution >= 0.6 is 11.6 Å². The molecule has 1 aliphatic heterocycles. The van der Waals surface area contributed by atoms with Crippen LogP contribution in [-0.4, -0.2) is 25.0 Å². The Hall–Kier alpha value is -1.13. The maximum atomic E-state index is 13.5. The monoisotopic (exact) mass is 284 g/mol. The first-order valence-electron chi connectivity index (χ1n) is 6.63. The van der Waals surface area contributed by atoms with Gasteiger partial charge < -0.3 is 10.6 Å². The van der Waals surface area contributed by atoms with Crippen molar-refractivity contribution in [3.8, 4) is 0 Å². The number of carbonyl (C=O) groups is 1. The summed E-state index contributed by atoms with van der Waals surface area (Å²) in [5.74, 6) is -0.950. The third kappa shape index (κ3) is 4.18. The lowest BCUT2D eigenvalue weighted by molar-refractivity contribution is 0.0947. The minimum Gasteiger partial charge on any atom is -0.352 e. The van der Waals surface area contributed by atoms with E-state index in [9.17, 15) is 9.18 Å². The Kier molecular flexibility index (Phi) is 5.16. The third-order valence-corrected chi connectivity index (χ3v) is 3.60. The molecule has 0 radical (unpaired) electrons. The zero-order chi connectivity index (χ0) is 13.7. The van der Waals surface area contributed by atoms with Gasteiger partial charge >= 0.3 is 0 Å². The molecule has 0 aliphatic carbocycles. The average molecular weight is 285 g/mol. The van der Waals surface area contributed by atoms with Crippen molar-refractivity contribution in [1.29, 1.82) is 0 Å². The molecule has 1 fully saturated rings. The molecule has 1 aromatic rings. The normalized spacial score (nSPS) is 19.2. The van der Waals surface area contributed by atoms with Crippen LogP contribution in [0.5, 0.6) is 0 Å². The van der Waals surface area contributed by atoms with E-state index < -0.39 is 11.7 Å². The highest BCUT2D eigenvalue weighted by Gasteiger charge is 2.14. The van der Waals surface area contributed by atoms with Crippen molar-refractivity contribution in [2.24, 2.45) is 0 Å². The van der Waals surface area contributed by atoms with Crippen molar-refractivity contribution >= 4 is 17.5 Å². The van der Waals surface area contributed by atoms with Crippen LogP contribution in [0.3, 0.4) is 0 Å². The van der Waals surface area contributed by atoms with E-state index in [0.717, 1.165) is 19.4 Å². The summed E-state index contributed by atoms with van der Waals surface area (Å²) in [5, 5.41) is 6.50. The van der Waals surface area contributed by atoms with E-state index in [-0.39, 0.29) is 5.56 Å². The Balaban J connectivity index is 1.82. The highest BCUT2D eigenvalue weighted by atomic mass is 35.5. The number of piperidine rings is 1. The molecular weight excluding hydrogens is 267 g/mol. The minimum atomic E-state index is -0.544. The largest absolute Gasteiger partial charge is 0.352 e. The smallest absolute Gasteiger partial charge is 0.254 e. The lowest BCUT2D eigenvalue weighted by Crippen LogP contribution is -2.37. The van der Waals surface area contributed by atoms with Crippen molar-refractivity contribution in [1.82, 2.24) is 10.6 Å². The van der Waals surface area contributed by atoms with Crippen molar-refractivity contribution in [2.45, 2.75) is 31.7 Å². The molecule has 1 heterocycles. The van der Waals surface area contributed by atoms with Gasteiger partial charge in [-0.3, -0.25) is 4.79 Å². The fourth-order valence-electron chi connectivity index (χ4n) is 2.30. The average Bonchev–Trinajstić information content (AvgIpc) is 2.42. The second-order valence-corrected chi connectivity index (χ2v) is 5.25. The van der Waals surface area contributed by atoms with Crippen molar-refractivity contribution < 1.29 is 9.18 Å². The fraction of sp³-hybridized carbons (Fsp3) is 0.500. The third-order valence-electron chi connectivity index (χ3n) is 3.36. The van der Waals surface area contributed by atoms with Crippen LogP contribution in [-0.2, 0) is 0 Å². The number of amides is 1. The number of benzene rings is 1. The highest BCUT2D eigenvalue weighted by Crippen LogP contribution is 2.15. The van der Waals surface area contributed by atoms with Crippen LogP contribution in [0.1, 0.15) is 36.0 Å². The lowest BCUT2D eigenvalue weighted by Gasteiger charge is -2.23. The molecule has 1 atom stereocenters. The fourth-order valence-corrected chi connectivity index (χ4v) is 2.47. The molecule has 1 amide bonds. The Morgan fingerprint density at radius 1 is 1.47 bits per heavy atom. The van der Waals surface area contributed by atoms with Crippen LogP contribution in [0.15, 0.2) is 18.2 Å². The predicted octanol–water partition coefficient (Wildman–Crippen LogP) is 2.74. The Morgan fingerprint density at radius 3 is 3.05 bits per heavy atom. The van der Waals surface area contributed by atoms with Crippen LogP contribution in [0.4, 0.5) is 4.39 Å². The van der Waals surface area contributed by atoms with Crippen molar-refractivity contribution in [3.05, 3.63) is 34.6 Å². The molecular formula is C14H18ClFN2O. The van der Waals surface area contributed by atoms with Gasteiger partial charge in [0.15, 0.2) is 0 Å². The molecule has 2 N–H and O–H groups in total. The van der Waals surface area contributed by atoms with E-state index >= 15 is 0 Å². The Bertz CT molecular complexity index is 447. The molecule has 5 heteroatoms. The summed E-state index contributed by atoms with van der Waals surface area (Å²) in [5.41, 5.74) is 0.00380. The second kappa shape index (κ2) is 6.87. The SMILES string of the molecule is O=C(NCCC1CCCCN1)c1cc(Cl)ccc1F. The number of carbonyl (C=O) groups excluding carboxylic acids is 1. The zero-order valence-corrected chi connectivity index (χ0v) is 11.5. The summed E-state index contributed by atoms with van der Waals surface area (Å²) in [4.78, 5) is 11.8. The molecule has 1 aliphatic rings. The van der Waals surface area contributed by atoms with E-state index in [1.807, 2.05) is 0 Å². The molecule has 1 saturated heterocycles. The summed E-state index contributed by atoms with van der Waals surface area (Å²) in [7, 11) is 0. The van der Waals surface area contributed by atoms with Gasteiger partial charge in [-0.15, -0.1) is 0 Å². The van der Waals surface area contributed by atoms with Crippen molar-refractivity contribution in [2.75, 3.05) is 13.1 Å². The summed E-state index contributed by atoms with van der Waals surface area (Å²) in [6, 6.07) is 4.45. The Labute approximate surface area is 117 Å². The first-order valence-corrected chi connectivity index (χ1v) is 7.01. The van der Waals surface area contributed by atoms with Gasteiger partial charge in [-0.05, 0) is 44.0 Å². The van der Waals surface area contributed by atoms with E-state index in [2.05, 4.69) is 10.6 Å². The van der Waals surface area contributed by atoms with Gasteiger partial charge in [-0.2, -0.15) is 0 Å². The highest BCUT2D eigenvalue weighted by molar-refractivity contribution is 6.30. The van der Waals surface area contributed by atoms with Gasteiger partial charge in [-0.25, -0.2) is 4.39 Å². The second-order valence-electron chi connectivity index (χ2n) is 4.82.